The van der Waals surface area contributed by atoms with E-state index in [-0.39, 0.29) is 25.0 Å². The van der Waals surface area contributed by atoms with Crippen molar-refractivity contribution in [3.05, 3.63) is 59.7 Å². The molecule has 2 amide bonds. The molecule has 0 unspecified atom stereocenters. The number of hydrogen-bond donors (Lipinski definition) is 2. The second-order valence-corrected chi connectivity index (χ2v) is 7.66. The molecule has 2 aromatic rings. The van der Waals surface area contributed by atoms with E-state index in [1.807, 2.05) is 48.5 Å². The van der Waals surface area contributed by atoms with Crippen LogP contribution in [0.25, 0.3) is 0 Å². The number of amides is 2. The van der Waals surface area contributed by atoms with Crippen LogP contribution in [0.1, 0.15) is 50.7 Å². The summed E-state index contributed by atoms with van der Waals surface area (Å²) in [6, 6.07) is 15.4. The Kier molecular flexibility index (Phi) is 9.19. The molecule has 2 rings (SSSR count). The number of carbonyl (C=O) groups excluding carboxylic acids is 2. The predicted molar refractivity (Wildman–Crippen MR) is 118 cm³/mol. The zero-order valence-corrected chi connectivity index (χ0v) is 18.2. The molecule has 0 bridgehead atoms. The van der Waals surface area contributed by atoms with Crippen LogP contribution in [-0.2, 0) is 9.59 Å². The first kappa shape index (κ1) is 23.3. The summed E-state index contributed by atoms with van der Waals surface area (Å²) in [4.78, 5) is 24.0. The minimum absolute atomic E-state index is 0.0627. The average molecular weight is 413 g/mol. The molecule has 0 spiro atoms. The average Bonchev–Trinajstić information content (AvgIpc) is 2.74. The van der Waals surface area contributed by atoms with Crippen molar-refractivity contribution in [3.63, 3.8) is 0 Å². The summed E-state index contributed by atoms with van der Waals surface area (Å²) in [5.41, 5.74) is 2.13. The van der Waals surface area contributed by atoms with Crippen LogP contribution in [0.4, 0.5) is 0 Å². The maximum atomic E-state index is 12.0. The van der Waals surface area contributed by atoms with Gasteiger partial charge in [0.2, 0.25) is 0 Å². The lowest BCUT2D eigenvalue weighted by molar-refractivity contribution is -0.124. The van der Waals surface area contributed by atoms with Crippen LogP contribution in [0.2, 0.25) is 0 Å². The van der Waals surface area contributed by atoms with Gasteiger partial charge in [0.1, 0.15) is 11.5 Å². The van der Waals surface area contributed by atoms with Crippen LogP contribution in [-0.4, -0.2) is 38.1 Å². The van der Waals surface area contributed by atoms with E-state index in [1.54, 1.807) is 0 Å². The Morgan fingerprint density at radius 1 is 0.700 bits per heavy atom. The molecule has 0 aliphatic carbocycles. The number of carbonyl (C=O) groups is 2. The predicted octanol–water partition coefficient (Wildman–Crippen LogP) is 3.62. The molecule has 0 radical (unpaired) electrons. The molecule has 0 atom stereocenters. The Balaban J connectivity index is 1.65. The Bertz CT molecular complexity index is 764. The van der Waals surface area contributed by atoms with Gasteiger partial charge in [-0.05, 0) is 35.1 Å². The maximum Gasteiger partial charge on any atom is 0.258 e. The molecule has 0 saturated carbocycles. The number of rotatable bonds is 11. The molecular weight excluding hydrogens is 380 g/mol. The quantitative estimate of drug-likeness (QED) is 0.553. The second kappa shape index (κ2) is 11.9. The summed E-state index contributed by atoms with van der Waals surface area (Å²) in [7, 11) is 0. The third-order valence-electron chi connectivity index (χ3n) is 4.57. The molecule has 2 N–H and O–H groups in total. The first-order valence-corrected chi connectivity index (χ1v) is 10.3. The van der Waals surface area contributed by atoms with Gasteiger partial charge >= 0.3 is 0 Å². The Hall–Kier alpha value is -3.02. The maximum absolute atomic E-state index is 12.0. The first-order valence-electron chi connectivity index (χ1n) is 10.3. The Morgan fingerprint density at radius 2 is 1.07 bits per heavy atom. The molecule has 2 aromatic carbocycles. The minimum atomic E-state index is -0.232. The van der Waals surface area contributed by atoms with E-state index in [0.717, 1.165) is 22.6 Å². The molecule has 0 saturated heterocycles. The summed E-state index contributed by atoms with van der Waals surface area (Å²) in [5, 5.41) is 5.47. The molecular formula is C24H32N2O4. The van der Waals surface area contributed by atoms with Crippen LogP contribution in [0.5, 0.6) is 11.5 Å². The highest BCUT2D eigenvalue weighted by Crippen LogP contribution is 2.26. The Morgan fingerprint density at radius 3 is 1.43 bits per heavy atom. The summed E-state index contributed by atoms with van der Waals surface area (Å²) in [5.74, 6) is 1.60. The number of benzene rings is 2. The van der Waals surface area contributed by atoms with Crippen LogP contribution >= 0.6 is 0 Å². The number of nitrogens with one attached hydrogen (secondary N) is 2. The summed E-state index contributed by atoms with van der Waals surface area (Å²) >= 11 is 0. The lowest BCUT2D eigenvalue weighted by Crippen LogP contribution is -2.38. The van der Waals surface area contributed by atoms with Gasteiger partial charge in [-0.1, -0.05) is 64.1 Å². The van der Waals surface area contributed by atoms with Gasteiger partial charge in [0.05, 0.1) is 0 Å². The van der Waals surface area contributed by atoms with Gasteiger partial charge in [0, 0.05) is 13.1 Å². The molecule has 0 aliphatic rings. The van der Waals surface area contributed by atoms with Crippen molar-refractivity contribution < 1.29 is 19.1 Å². The van der Waals surface area contributed by atoms with Crippen molar-refractivity contribution in [1.29, 1.82) is 0 Å². The second-order valence-electron chi connectivity index (χ2n) is 7.66. The van der Waals surface area contributed by atoms with Crippen LogP contribution in [0.15, 0.2) is 48.5 Å². The zero-order valence-electron chi connectivity index (χ0n) is 18.2. The SMILES string of the molecule is CC(C)c1ccccc1OCC(=O)NCCNC(=O)COc1ccccc1C(C)C. The molecule has 0 aliphatic heterocycles. The third kappa shape index (κ3) is 7.43. The molecule has 0 aromatic heterocycles. The highest BCUT2D eigenvalue weighted by molar-refractivity contribution is 5.78. The van der Waals surface area contributed by atoms with Crippen LogP contribution < -0.4 is 20.1 Å². The molecule has 6 heteroatoms. The van der Waals surface area contributed by atoms with Gasteiger partial charge in [-0.25, -0.2) is 0 Å². The third-order valence-corrected chi connectivity index (χ3v) is 4.57. The van der Waals surface area contributed by atoms with Crippen molar-refractivity contribution >= 4 is 11.8 Å². The van der Waals surface area contributed by atoms with E-state index in [0.29, 0.717) is 24.9 Å². The van der Waals surface area contributed by atoms with Crippen molar-refractivity contribution in [3.8, 4) is 11.5 Å². The fraction of sp³-hybridized carbons (Fsp3) is 0.417. The van der Waals surface area contributed by atoms with Gasteiger partial charge < -0.3 is 20.1 Å². The van der Waals surface area contributed by atoms with E-state index in [1.165, 1.54) is 0 Å². The van der Waals surface area contributed by atoms with Crippen molar-refractivity contribution in [2.24, 2.45) is 0 Å². The largest absolute Gasteiger partial charge is 0.483 e. The number of hydrogen-bond acceptors (Lipinski definition) is 4. The number of ether oxygens (including phenoxy) is 2. The van der Waals surface area contributed by atoms with E-state index in [9.17, 15) is 9.59 Å². The lowest BCUT2D eigenvalue weighted by Gasteiger charge is -2.14. The van der Waals surface area contributed by atoms with Crippen LogP contribution in [0.3, 0.4) is 0 Å². The van der Waals surface area contributed by atoms with E-state index >= 15 is 0 Å². The van der Waals surface area contributed by atoms with Crippen molar-refractivity contribution in [2.75, 3.05) is 26.3 Å². The number of para-hydroxylation sites is 2. The summed E-state index contributed by atoms with van der Waals surface area (Å²) in [6.45, 7) is 8.84. The molecule has 30 heavy (non-hydrogen) atoms. The van der Waals surface area contributed by atoms with Gasteiger partial charge in [0.15, 0.2) is 13.2 Å². The fourth-order valence-electron chi connectivity index (χ4n) is 2.97. The molecule has 162 valence electrons. The normalized spacial score (nSPS) is 10.7. The van der Waals surface area contributed by atoms with Crippen molar-refractivity contribution in [2.45, 2.75) is 39.5 Å². The highest BCUT2D eigenvalue weighted by Gasteiger charge is 2.10. The molecule has 6 nitrogen and oxygen atoms in total. The monoisotopic (exact) mass is 412 g/mol. The fourth-order valence-corrected chi connectivity index (χ4v) is 2.97. The molecule has 0 fully saturated rings. The standard InChI is InChI=1S/C24H32N2O4/c1-17(2)19-9-5-7-11-21(19)29-15-23(27)25-13-14-26-24(28)16-30-22-12-8-6-10-20(22)18(3)4/h5-12,17-18H,13-16H2,1-4H3,(H,25,27)(H,26,28). The minimum Gasteiger partial charge on any atom is -0.483 e. The van der Waals surface area contributed by atoms with E-state index < -0.39 is 0 Å². The van der Waals surface area contributed by atoms with Gasteiger partial charge in [-0.2, -0.15) is 0 Å². The van der Waals surface area contributed by atoms with Gasteiger partial charge in [-0.15, -0.1) is 0 Å². The van der Waals surface area contributed by atoms with E-state index in [4.69, 9.17) is 9.47 Å². The summed E-state index contributed by atoms with van der Waals surface area (Å²) in [6.07, 6.45) is 0. The van der Waals surface area contributed by atoms with Gasteiger partial charge in [-0.3, -0.25) is 9.59 Å². The highest BCUT2D eigenvalue weighted by atomic mass is 16.5. The molecule has 0 heterocycles. The van der Waals surface area contributed by atoms with Crippen LogP contribution in [0, 0.1) is 0 Å². The summed E-state index contributed by atoms with van der Waals surface area (Å²) < 4.78 is 11.3. The lowest BCUT2D eigenvalue weighted by atomic mass is 10.0. The van der Waals surface area contributed by atoms with Crippen molar-refractivity contribution in [1.82, 2.24) is 10.6 Å². The Labute approximate surface area is 179 Å². The van der Waals surface area contributed by atoms with E-state index in [2.05, 4.69) is 38.3 Å². The van der Waals surface area contributed by atoms with Gasteiger partial charge in [0.25, 0.3) is 11.8 Å². The smallest absolute Gasteiger partial charge is 0.258 e. The topological polar surface area (TPSA) is 76.7 Å². The first-order chi connectivity index (χ1) is 14.4. The zero-order chi connectivity index (χ0) is 21.9.